The Morgan fingerprint density at radius 3 is 2.79 bits per heavy atom. The topological polar surface area (TPSA) is 50.5 Å². The number of nitrogens with zero attached hydrogens (tertiary/aromatic N) is 4. The molecule has 3 aromatic rings. The van der Waals surface area contributed by atoms with Crippen molar-refractivity contribution >= 4 is 22.9 Å². The minimum Gasteiger partial charge on any atom is -0.342 e. The van der Waals surface area contributed by atoms with Crippen LogP contribution in [0.3, 0.4) is 0 Å². The molecule has 0 radical (unpaired) electrons. The molecular formula is C20H21F3N4OS. The summed E-state index contributed by atoms with van der Waals surface area (Å²) in [6.07, 6.45) is -3.39. The smallest absolute Gasteiger partial charge is 0.342 e. The summed E-state index contributed by atoms with van der Waals surface area (Å²) in [6, 6.07) is 6.19. The summed E-state index contributed by atoms with van der Waals surface area (Å²) in [5.41, 5.74) is 0.158. The van der Waals surface area contributed by atoms with E-state index in [0.29, 0.717) is 36.5 Å². The van der Waals surface area contributed by atoms with Gasteiger partial charge in [-0.2, -0.15) is 18.3 Å². The molecule has 0 N–H and O–H groups in total. The van der Waals surface area contributed by atoms with Gasteiger partial charge < -0.3 is 4.90 Å². The van der Waals surface area contributed by atoms with Crippen LogP contribution in [0.4, 0.5) is 13.2 Å². The van der Waals surface area contributed by atoms with Gasteiger partial charge in [-0.3, -0.25) is 4.79 Å². The van der Waals surface area contributed by atoms with Crippen LogP contribution in [0.2, 0.25) is 0 Å². The average Bonchev–Trinajstić information content (AvgIpc) is 3.37. The predicted molar refractivity (Wildman–Crippen MR) is 105 cm³/mol. The molecule has 1 atom stereocenters. The lowest BCUT2D eigenvalue weighted by Gasteiger charge is -2.17. The number of alkyl halides is 3. The van der Waals surface area contributed by atoms with Crippen molar-refractivity contribution in [2.24, 2.45) is 5.92 Å². The highest BCUT2D eigenvalue weighted by molar-refractivity contribution is 7.13. The van der Waals surface area contributed by atoms with E-state index < -0.39 is 11.9 Å². The summed E-state index contributed by atoms with van der Waals surface area (Å²) in [6.45, 7) is 5.06. The second-order valence-electron chi connectivity index (χ2n) is 7.76. The molecule has 4 heterocycles. The molecule has 0 saturated carbocycles. The molecule has 1 unspecified atom stereocenters. The van der Waals surface area contributed by atoms with Gasteiger partial charge in [0.2, 0.25) is 5.91 Å². The zero-order valence-corrected chi connectivity index (χ0v) is 16.9. The molecule has 0 bridgehead atoms. The van der Waals surface area contributed by atoms with E-state index in [1.807, 2.05) is 13.8 Å². The Bertz CT molecular complexity index is 1030. The number of thiophene rings is 1. The van der Waals surface area contributed by atoms with Crippen molar-refractivity contribution in [2.45, 2.75) is 38.8 Å². The van der Waals surface area contributed by atoms with Gasteiger partial charge in [-0.15, -0.1) is 11.3 Å². The van der Waals surface area contributed by atoms with E-state index in [-0.39, 0.29) is 29.1 Å². The molecule has 0 aromatic carbocycles. The number of halogens is 3. The molecular weight excluding hydrogens is 401 g/mol. The molecule has 0 spiro atoms. The summed E-state index contributed by atoms with van der Waals surface area (Å²) in [5, 5.41) is 6.04. The maximum absolute atomic E-state index is 13.7. The highest BCUT2D eigenvalue weighted by Gasteiger charge is 2.36. The van der Waals surface area contributed by atoms with Crippen molar-refractivity contribution < 1.29 is 18.0 Å². The number of likely N-dealkylation sites (tertiary alicyclic amines) is 1. The Kier molecular flexibility index (Phi) is 5.10. The average molecular weight is 422 g/mol. The number of aromatic nitrogens is 3. The van der Waals surface area contributed by atoms with Gasteiger partial charge in [0.1, 0.15) is 0 Å². The number of amides is 1. The van der Waals surface area contributed by atoms with Crippen molar-refractivity contribution in [1.82, 2.24) is 19.5 Å². The van der Waals surface area contributed by atoms with E-state index in [9.17, 15) is 18.0 Å². The van der Waals surface area contributed by atoms with E-state index in [0.717, 1.165) is 10.6 Å². The Balaban J connectivity index is 1.68. The van der Waals surface area contributed by atoms with Crippen molar-refractivity contribution in [1.29, 1.82) is 0 Å². The number of hydrogen-bond acceptors (Lipinski definition) is 4. The van der Waals surface area contributed by atoms with Crippen molar-refractivity contribution in [3.63, 3.8) is 0 Å². The van der Waals surface area contributed by atoms with Gasteiger partial charge >= 0.3 is 6.18 Å². The molecule has 9 heteroatoms. The Morgan fingerprint density at radius 2 is 2.14 bits per heavy atom. The minimum absolute atomic E-state index is 0.0837. The summed E-state index contributed by atoms with van der Waals surface area (Å²) in [5.74, 6) is 0.269. The first kappa shape index (κ1) is 19.9. The number of carbonyl (C=O) groups is 1. The van der Waals surface area contributed by atoms with Crippen LogP contribution < -0.4 is 0 Å². The van der Waals surface area contributed by atoms with E-state index in [2.05, 4.69) is 10.1 Å². The molecule has 1 saturated heterocycles. The number of carbonyl (C=O) groups excluding carboxylic acids is 1. The van der Waals surface area contributed by atoms with Crippen LogP contribution in [0.25, 0.3) is 16.2 Å². The summed E-state index contributed by atoms with van der Waals surface area (Å²) in [7, 11) is 0. The lowest BCUT2D eigenvalue weighted by molar-refractivity contribution is -0.142. The van der Waals surface area contributed by atoms with E-state index in [1.54, 1.807) is 28.5 Å². The molecule has 29 heavy (non-hydrogen) atoms. The van der Waals surface area contributed by atoms with Crippen LogP contribution in [0.5, 0.6) is 0 Å². The van der Waals surface area contributed by atoms with Gasteiger partial charge in [0, 0.05) is 31.5 Å². The molecule has 1 aliphatic heterocycles. The highest BCUT2D eigenvalue weighted by Crippen LogP contribution is 2.35. The highest BCUT2D eigenvalue weighted by atomic mass is 32.1. The molecule has 1 fully saturated rings. The first-order valence-corrected chi connectivity index (χ1v) is 10.4. The minimum atomic E-state index is -4.55. The van der Waals surface area contributed by atoms with Crippen LogP contribution in [-0.2, 0) is 11.0 Å². The maximum atomic E-state index is 13.7. The largest absolute Gasteiger partial charge is 0.433 e. The first-order chi connectivity index (χ1) is 13.7. The lowest BCUT2D eigenvalue weighted by atomic mass is 10.1. The molecule has 154 valence electrons. The number of fused-ring (bicyclic) bond motifs is 1. The van der Waals surface area contributed by atoms with Crippen LogP contribution in [0, 0.1) is 5.92 Å². The third-order valence-electron chi connectivity index (χ3n) is 5.05. The SMILES string of the molecule is CC(C)CC(=O)N1CCC(c2cc3nc(-c4cccs4)cc(C(F)(F)F)n3n2)C1. The molecule has 1 aliphatic rings. The predicted octanol–water partition coefficient (Wildman–Crippen LogP) is 4.84. The van der Waals surface area contributed by atoms with Crippen LogP contribution >= 0.6 is 11.3 Å². The fraction of sp³-hybridized carbons (Fsp3) is 0.450. The molecule has 5 nitrogen and oxygen atoms in total. The van der Waals surface area contributed by atoms with E-state index in [4.69, 9.17) is 0 Å². The van der Waals surface area contributed by atoms with Gasteiger partial charge in [0.05, 0.1) is 16.3 Å². The number of hydrogen-bond donors (Lipinski definition) is 0. The third kappa shape index (κ3) is 4.01. The van der Waals surface area contributed by atoms with Crippen molar-refractivity contribution in [3.05, 3.63) is 41.0 Å². The zero-order valence-electron chi connectivity index (χ0n) is 16.1. The lowest BCUT2D eigenvalue weighted by Crippen LogP contribution is -2.29. The van der Waals surface area contributed by atoms with Crippen molar-refractivity contribution in [2.75, 3.05) is 13.1 Å². The van der Waals surface area contributed by atoms with Gasteiger partial charge in [0.15, 0.2) is 11.3 Å². The number of rotatable bonds is 4. The Labute approximate surface area is 170 Å². The molecule has 4 rings (SSSR count). The van der Waals surface area contributed by atoms with Crippen LogP contribution in [0.15, 0.2) is 29.6 Å². The van der Waals surface area contributed by atoms with E-state index in [1.165, 1.54) is 11.3 Å². The van der Waals surface area contributed by atoms with Gasteiger partial charge in [-0.25, -0.2) is 9.50 Å². The molecule has 0 aliphatic carbocycles. The van der Waals surface area contributed by atoms with Gasteiger partial charge in [0.25, 0.3) is 0 Å². The first-order valence-electron chi connectivity index (χ1n) is 9.52. The van der Waals surface area contributed by atoms with Crippen molar-refractivity contribution in [3.8, 4) is 10.6 Å². The second kappa shape index (κ2) is 7.44. The van der Waals surface area contributed by atoms with Crippen LogP contribution in [-0.4, -0.2) is 38.5 Å². The van der Waals surface area contributed by atoms with E-state index >= 15 is 0 Å². The standard InChI is InChI=1S/C20H21F3N4OS/c1-12(2)8-19(28)26-6-5-13(11-26)14-10-18-24-15(16-4-3-7-29-16)9-17(20(21,22)23)27(18)25-14/h3-4,7,9-10,12-13H,5-6,8,11H2,1-2H3. The van der Waals surface area contributed by atoms with Gasteiger partial charge in [-0.1, -0.05) is 19.9 Å². The quantitative estimate of drug-likeness (QED) is 0.605. The summed E-state index contributed by atoms with van der Waals surface area (Å²) >= 11 is 1.34. The molecule has 1 amide bonds. The third-order valence-corrected chi connectivity index (χ3v) is 5.94. The summed E-state index contributed by atoms with van der Waals surface area (Å²) in [4.78, 5) is 19.2. The second-order valence-corrected chi connectivity index (χ2v) is 8.71. The Morgan fingerprint density at radius 1 is 1.34 bits per heavy atom. The van der Waals surface area contributed by atoms with Crippen LogP contribution in [0.1, 0.15) is 44.0 Å². The fourth-order valence-electron chi connectivity index (χ4n) is 3.65. The zero-order chi connectivity index (χ0) is 20.8. The normalized spacial score (nSPS) is 17.6. The Hall–Kier alpha value is -2.42. The molecule has 3 aromatic heterocycles. The summed E-state index contributed by atoms with van der Waals surface area (Å²) < 4.78 is 41.9. The monoisotopic (exact) mass is 422 g/mol. The fourth-order valence-corrected chi connectivity index (χ4v) is 4.34. The maximum Gasteiger partial charge on any atom is 0.433 e. The van der Waals surface area contributed by atoms with Gasteiger partial charge in [-0.05, 0) is 29.9 Å².